The molecular weight excluding hydrogens is 357 g/mol. The molecule has 0 aliphatic carbocycles. The minimum atomic E-state index is -0.404. The molecule has 1 heterocycles. The molecule has 0 aliphatic heterocycles. The Morgan fingerprint density at radius 3 is 2.21 bits per heavy atom. The lowest BCUT2D eigenvalue weighted by Crippen LogP contribution is -2.18. The Labute approximate surface area is 168 Å². The molecule has 5 nitrogen and oxygen atoms in total. The number of nitrogens with one attached hydrogen (secondary N) is 1. The number of hydroxylamine groups is 1. The molecule has 0 unspecified atom stereocenters. The average molecular weight is 390 g/mol. The molecule has 0 bridgehead atoms. The highest BCUT2D eigenvalue weighted by Gasteiger charge is 2.05. The van der Waals surface area contributed by atoms with Crippen LogP contribution in [0.5, 0.6) is 0 Å². The Kier molecular flexibility index (Phi) is 18.5. The molecule has 1 amide bonds. The van der Waals surface area contributed by atoms with Gasteiger partial charge in [0.15, 0.2) is 0 Å². The van der Waals surface area contributed by atoms with Gasteiger partial charge in [-0.05, 0) is 44.4 Å². The fraction of sp³-hybridized carbons (Fsp3) is 0.318. The molecular formula is C22H32FN3O2. The topological polar surface area (TPSA) is 75.1 Å². The zero-order valence-electron chi connectivity index (χ0n) is 17.4. The number of halogens is 1. The van der Waals surface area contributed by atoms with E-state index in [2.05, 4.69) is 16.5 Å². The van der Waals surface area contributed by atoms with E-state index >= 15 is 0 Å². The first-order chi connectivity index (χ1) is 13.5. The Morgan fingerprint density at radius 1 is 1.21 bits per heavy atom. The molecule has 154 valence electrons. The molecule has 0 aliphatic rings. The third kappa shape index (κ3) is 13.4. The molecule has 28 heavy (non-hydrogen) atoms. The second kappa shape index (κ2) is 18.9. The predicted octanol–water partition coefficient (Wildman–Crippen LogP) is 5.52. The zero-order chi connectivity index (χ0) is 21.8. The Bertz CT molecular complexity index is 668. The maximum atomic E-state index is 12.3. The van der Waals surface area contributed by atoms with Gasteiger partial charge in [0.05, 0.1) is 11.9 Å². The fourth-order valence-electron chi connectivity index (χ4n) is 1.74. The van der Waals surface area contributed by atoms with Crippen LogP contribution >= 0.6 is 0 Å². The van der Waals surface area contributed by atoms with Crippen molar-refractivity contribution >= 4 is 11.5 Å². The summed E-state index contributed by atoms with van der Waals surface area (Å²) in [7, 11) is 0. The van der Waals surface area contributed by atoms with Crippen LogP contribution in [0, 0.1) is 12.7 Å². The van der Waals surface area contributed by atoms with Gasteiger partial charge in [-0.25, -0.2) is 9.87 Å². The van der Waals surface area contributed by atoms with Crippen LogP contribution in [0.25, 0.3) is 5.57 Å². The molecule has 0 saturated carbocycles. The van der Waals surface area contributed by atoms with E-state index in [9.17, 15) is 9.18 Å². The first-order valence-corrected chi connectivity index (χ1v) is 9.12. The smallest absolute Gasteiger partial charge is 0.243 e. The Morgan fingerprint density at radius 2 is 1.82 bits per heavy atom. The van der Waals surface area contributed by atoms with E-state index < -0.39 is 5.91 Å². The molecule has 0 radical (unpaired) electrons. The van der Waals surface area contributed by atoms with Crippen LogP contribution in [0.15, 0.2) is 61.6 Å². The molecule has 1 aromatic carbocycles. The van der Waals surface area contributed by atoms with E-state index in [4.69, 9.17) is 5.21 Å². The third-order valence-electron chi connectivity index (χ3n) is 3.06. The van der Waals surface area contributed by atoms with Crippen molar-refractivity contribution in [3.8, 4) is 0 Å². The minimum Gasteiger partial charge on any atom is -0.289 e. The summed E-state index contributed by atoms with van der Waals surface area (Å²) in [6, 6.07) is 6.70. The SMILES string of the molecule is C/C=C(\CCC(=O)NO)c1cnccn1.C=CC.CC.Cc1ccccc1F. The van der Waals surface area contributed by atoms with Gasteiger partial charge in [-0.15, -0.1) is 6.58 Å². The minimum absolute atomic E-state index is 0.132. The van der Waals surface area contributed by atoms with Crippen molar-refractivity contribution in [1.82, 2.24) is 15.4 Å². The van der Waals surface area contributed by atoms with Crippen molar-refractivity contribution in [3.63, 3.8) is 0 Å². The van der Waals surface area contributed by atoms with Crippen molar-refractivity contribution in [2.45, 2.75) is 47.5 Å². The predicted molar refractivity (Wildman–Crippen MR) is 113 cm³/mol. The number of aromatic nitrogens is 2. The molecule has 2 N–H and O–H groups in total. The second-order valence-electron chi connectivity index (χ2n) is 5.10. The van der Waals surface area contributed by atoms with E-state index in [-0.39, 0.29) is 12.2 Å². The summed E-state index contributed by atoms with van der Waals surface area (Å²) in [5, 5.41) is 8.34. The zero-order valence-corrected chi connectivity index (χ0v) is 17.4. The lowest BCUT2D eigenvalue weighted by molar-refractivity contribution is -0.129. The van der Waals surface area contributed by atoms with Gasteiger partial charge in [0.2, 0.25) is 5.91 Å². The molecule has 2 aromatic rings. The lowest BCUT2D eigenvalue weighted by Gasteiger charge is -2.04. The van der Waals surface area contributed by atoms with E-state index in [1.54, 1.807) is 49.2 Å². The Balaban J connectivity index is 0. The summed E-state index contributed by atoms with van der Waals surface area (Å²) in [6.07, 6.45) is 9.23. The number of allylic oxidation sites excluding steroid dienone is 3. The number of hydrogen-bond donors (Lipinski definition) is 2. The summed E-state index contributed by atoms with van der Waals surface area (Å²) in [5.41, 5.74) is 3.99. The highest BCUT2D eigenvalue weighted by atomic mass is 19.1. The van der Waals surface area contributed by atoms with Gasteiger partial charge >= 0.3 is 0 Å². The highest BCUT2D eigenvalue weighted by Crippen LogP contribution is 2.16. The number of nitrogens with zero attached hydrogens (tertiary/aromatic N) is 2. The van der Waals surface area contributed by atoms with E-state index in [0.29, 0.717) is 12.0 Å². The molecule has 0 fully saturated rings. The van der Waals surface area contributed by atoms with Crippen LogP contribution in [-0.2, 0) is 4.79 Å². The molecule has 0 spiro atoms. The number of benzene rings is 1. The number of aryl methyl sites for hydroxylation is 1. The fourth-order valence-corrected chi connectivity index (χ4v) is 1.74. The number of carbonyl (C=O) groups excluding carboxylic acids is 1. The summed E-state index contributed by atoms with van der Waals surface area (Å²) in [6.45, 7) is 12.9. The van der Waals surface area contributed by atoms with Gasteiger partial charge in [0, 0.05) is 18.8 Å². The van der Waals surface area contributed by atoms with Crippen molar-refractivity contribution < 1.29 is 14.4 Å². The normalized spacial score (nSPS) is 9.32. The molecule has 2 rings (SSSR count). The van der Waals surface area contributed by atoms with Gasteiger partial charge in [0.1, 0.15) is 5.82 Å². The summed E-state index contributed by atoms with van der Waals surface area (Å²) < 4.78 is 12.3. The summed E-state index contributed by atoms with van der Waals surface area (Å²) in [4.78, 5) is 18.9. The van der Waals surface area contributed by atoms with Gasteiger partial charge in [-0.2, -0.15) is 0 Å². The van der Waals surface area contributed by atoms with Crippen molar-refractivity contribution in [1.29, 1.82) is 0 Å². The van der Waals surface area contributed by atoms with Crippen molar-refractivity contribution in [2.75, 3.05) is 0 Å². The van der Waals surface area contributed by atoms with Crippen LogP contribution in [0.3, 0.4) is 0 Å². The standard InChI is InChI=1S/C10H13N3O2.C7H7F.C3H6.C2H6/c1-2-8(3-4-10(14)13-15)9-7-11-5-6-12-9;1-6-4-2-3-5-7(6)8;1-3-2;1-2/h2,5-7,15H,3-4H2,1H3,(H,13,14);2-5H,1H3;3H,1H2,2H3;1-2H3/b8-2+;;;. The number of hydrogen-bond acceptors (Lipinski definition) is 4. The largest absolute Gasteiger partial charge is 0.289 e. The highest BCUT2D eigenvalue weighted by molar-refractivity contribution is 5.77. The van der Waals surface area contributed by atoms with Gasteiger partial charge in [-0.1, -0.05) is 44.2 Å². The number of rotatable bonds is 4. The second-order valence-corrected chi connectivity index (χ2v) is 5.10. The van der Waals surface area contributed by atoms with Gasteiger partial charge < -0.3 is 0 Å². The molecule has 1 aromatic heterocycles. The monoisotopic (exact) mass is 389 g/mol. The quantitative estimate of drug-likeness (QED) is 0.410. The van der Waals surface area contributed by atoms with E-state index in [1.165, 1.54) is 6.07 Å². The Hall–Kier alpha value is -2.86. The molecule has 0 atom stereocenters. The lowest BCUT2D eigenvalue weighted by atomic mass is 10.1. The van der Waals surface area contributed by atoms with Crippen LogP contribution in [0.1, 0.15) is 51.8 Å². The van der Waals surface area contributed by atoms with E-state index in [0.717, 1.165) is 11.3 Å². The van der Waals surface area contributed by atoms with E-state index in [1.807, 2.05) is 39.8 Å². The average Bonchev–Trinajstić information content (AvgIpc) is 2.74. The van der Waals surface area contributed by atoms with Gasteiger partial charge in [0.25, 0.3) is 0 Å². The van der Waals surface area contributed by atoms with Crippen LogP contribution in [0.2, 0.25) is 0 Å². The third-order valence-corrected chi connectivity index (χ3v) is 3.06. The first kappa shape index (κ1) is 27.4. The summed E-state index contributed by atoms with van der Waals surface area (Å²) >= 11 is 0. The van der Waals surface area contributed by atoms with Crippen molar-refractivity contribution in [3.05, 3.63) is 78.7 Å². The van der Waals surface area contributed by atoms with Crippen LogP contribution in [0.4, 0.5) is 4.39 Å². The van der Waals surface area contributed by atoms with Crippen LogP contribution in [-0.4, -0.2) is 21.1 Å². The molecule has 6 heteroatoms. The van der Waals surface area contributed by atoms with Crippen molar-refractivity contribution in [2.24, 2.45) is 0 Å². The molecule has 0 saturated heterocycles. The van der Waals surface area contributed by atoms with Crippen LogP contribution < -0.4 is 5.48 Å². The van der Waals surface area contributed by atoms with Gasteiger partial charge in [-0.3, -0.25) is 20.0 Å². The number of carbonyl (C=O) groups is 1. The maximum Gasteiger partial charge on any atom is 0.243 e. The first-order valence-electron chi connectivity index (χ1n) is 9.12. The number of amides is 1. The summed E-state index contributed by atoms with van der Waals surface area (Å²) in [5.74, 6) is -0.536. The maximum absolute atomic E-state index is 12.3.